The first-order valence-electron chi connectivity index (χ1n) is 8.88. The van der Waals surface area contributed by atoms with Crippen LogP contribution in [0.25, 0.3) is 10.9 Å². The summed E-state index contributed by atoms with van der Waals surface area (Å²) in [7, 11) is 1.76. The molecule has 1 aromatic carbocycles. The topological polar surface area (TPSA) is 14.2 Å². The molecule has 126 valence electrons. The van der Waals surface area contributed by atoms with Crippen LogP contribution in [-0.2, 0) is 19.4 Å². The Labute approximate surface area is 140 Å². The molecular formula is C21H31NO. The Bertz CT molecular complexity index is 715. The maximum absolute atomic E-state index is 5.48. The summed E-state index contributed by atoms with van der Waals surface area (Å²) >= 11 is 0. The normalized spacial score (nSPS) is 17.3. The van der Waals surface area contributed by atoms with Gasteiger partial charge in [-0.05, 0) is 54.2 Å². The minimum Gasteiger partial charge on any atom is -0.497 e. The van der Waals surface area contributed by atoms with Crippen molar-refractivity contribution in [2.45, 2.75) is 66.8 Å². The lowest BCUT2D eigenvalue weighted by Crippen LogP contribution is -2.24. The van der Waals surface area contributed by atoms with E-state index in [1.807, 2.05) is 0 Å². The van der Waals surface area contributed by atoms with Crippen molar-refractivity contribution in [3.05, 3.63) is 29.5 Å². The Morgan fingerprint density at radius 1 is 1.22 bits per heavy atom. The average molecular weight is 313 g/mol. The number of hydrogen-bond acceptors (Lipinski definition) is 1. The molecule has 1 aliphatic rings. The van der Waals surface area contributed by atoms with E-state index >= 15 is 0 Å². The highest BCUT2D eigenvalue weighted by atomic mass is 16.5. The van der Waals surface area contributed by atoms with Crippen molar-refractivity contribution in [1.82, 2.24) is 4.57 Å². The smallest absolute Gasteiger partial charge is 0.120 e. The van der Waals surface area contributed by atoms with E-state index in [-0.39, 0.29) is 0 Å². The molecule has 1 heterocycles. The number of methoxy groups -OCH3 is 1. The summed E-state index contributed by atoms with van der Waals surface area (Å²) in [6.07, 6.45) is 4.86. The van der Waals surface area contributed by atoms with Gasteiger partial charge in [-0.1, -0.05) is 34.6 Å². The highest BCUT2D eigenvalue weighted by molar-refractivity contribution is 5.87. The first-order chi connectivity index (χ1) is 10.7. The average Bonchev–Trinajstić information content (AvgIpc) is 2.74. The fourth-order valence-electron chi connectivity index (χ4n) is 3.77. The molecule has 0 unspecified atom stereocenters. The van der Waals surface area contributed by atoms with Crippen LogP contribution in [-0.4, -0.2) is 11.7 Å². The maximum atomic E-state index is 5.48. The molecule has 23 heavy (non-hydrogen) atoms. The van der Waals surface area contributed by atoms with Crippen LogP contribution in [0, 0.1) is 10.8 Å². The maximum Gasteiger partial charge on any atom is 0.120 e. The standard InChI is InChI=1S/C21H31NO/c1-20(2,3)11-12-22-18-13-15(23-6)7-8-16(18)17-9-10-21(4,5)14-19(17)22/h7-8,13H,9-12,14H2,1-6H3. The highest BCUT2D eigenvalue weighted by Crippen LogP contribution is 2.41. The van der Waals surface area contributed by atoms with Crippen LogP contribution in [0.4, 0.5) is 0 Å². The van der Waals surface area contributed by atoms with Crippen LogP contribution in [0.1, 0.15) is 58.7 Å². The van der Waals surface area contributed by atoms with Gasteiger partial charge in [0.15, 0.2) is 0 Å². The van der Waals surface area contributed by atoms with E-state index in [2.05, 4.69) is 57.4 Å². The van der Waals surface area contributed by atoms with Gasteiger partial charge in [-0.3, -0.25) is 0 Å². The first-order valence-corrected chi connectivity index (χ1v) is 8.88. The quantitative estimate of drug-likeness (QED) is 0.719. The number of rotatable bonds is 3. The van der Waals surface area contributed by atoms with Gasteiger partial charge in [0, 0.05) is 23.7 Å². The molecule has 1 aliphatic carbocycles. The van der Waals surface area contributed by atoms with Crippen LogP contribution < -0.4 is 4.74 Å². The predicted molar refractivity (Wildman–Crippen MR) is 98.4 cm³/mol. The van der Waals surface area contributed by atoms with Gasteiger partial charge in [-0.15, -0.1) is 0 Å². The molecule has 0 saturated heterocycles. The lowest BCUT2D eigenvalue weighted by molar-refractivity contribution is 0.299. The number of aryl methyl sites for hydroxylation is 2. The number of fused-ring (bicyclic) bond motifs is 3. The van der Waals surface area contributed by atoms with Crippen molar-refractivity contribution >= 4 is 10.9 Å². The summed E-state index contributed by atoms with van der Waals surface area (Å²) in [6, 6.07) is 6.60. The third kappa shape index (κ3) is 3.27. The van der Waals surface area contributed by atoms with Crippen LogP contribution in [0.3, 0.4) is 0 Å². The second kappa shape index (κ2) is 5.58. The number of hydrogen-bond donors (Lipinski definition) is 0. The second-order valence-corrected chi connectivity index (χ2v) is 9.11. The molecule has 0 amide bonds. The first kappa shape index (κ1) is 16.4. The minimum atomic E-state index is 0.354. The molecule has 0 spiro atoms. The Balaban J connectivity index is 2.13. The van der Waals surface area contributed by atoms with Crippen molar-refractivity contribution in [3.8, 4) is 5.75 Å². The third-order valence-electron chi connectivity index (χ3n) is 5.28. The van der Waals surface area contributed by atoms with E-state index in [0.717, 1.165) is 12.3 Å². The fraction of sp³-hybridized carbons (Fsp3) is 0.619. The van der Waals surface area contributed by atoms with Crippen LogP contribution in [0.15, 0.2) is 18.2 Å². The van der Waals surface area contributed by atoms with Gasteiger partial charge in [-0.2, -0.15) is 0 Å². The lowest BCUT2D eigenvalue weighted by atomic mass is 9.76. The molecule has 1 aromatic heterocycles. The molecule has 0 saturated carbocycles. The van der Waals surface area contributed by atoms with Gasteiger partial charge in [-0.25, -0.2) is 0 Å². The van der Waals surface area contributed by atoms with Crippen molar-refractivity contribution < 1.29 is 4.74 Å². The molecule has 0 bridgehead atoms. The van der Waals surface area contributed by atoms with E-state index in [4.69, 9.17) is 4.74 Å². The van der Waals surface area contributed by atoms with E-state index < -0.39 is 0 Å². The number of aromatic nitrogens is 1. The van der Waals surface area contributed by atoms with E-state index in [9.17, 15) is 0 Å². The Hall–Kier alpha value is -1.44. The molecule has 2 heteroatoms. The fourth-order valence-corrected chi connectivity index (χ4v) is 3.77. The van der Waals surface area contributed by atoms with Crippen molar-refractivity contribution in [3.63, 3.8) is 0 Å². The van der Waals surface area contributed by atoms with Crippen molar-refractivity contribution in [2.24, 2.45) is 10.8 Å². The van der Waals surface area contributed by atoms with E-state index in [1.54, 1.807) is 18.4 Å². The van der Waals surface area contributed by atoms with Crippen molar-refractivity contribution in [2.75, 3.05) is 7.11 Å². The molecule has 0 aliphatic heterocycles. The van der Waals surface area contributed by atoms with Crippen LogP contribution in [0.2, 0.25) is 0 Å². The molecule has 2 aromatic rings. The zero-order chi connectivity index (χ0) is 16.8. The second-order valence-electron chi connectivity index (χ2n) is 9.11. The predicted octanol–water partition coefficient (Wildman–Crippen LogP) is 5.60. The molecule has 0 radical (unpaired) electrons. The number of benzene rings is 1. The molecule has 0 N–H and O–H groups in total. The summed E-state index contributed by atoms with van der Waals surface area (Å²) in [5.41, 5.74) is 5.26. The van der Waals surface area contributed by atoms with Crippen molar-refractivity contribution in [1.29, 1.82) is 0 Å². The highest BCUT2D eigenvalue weighted by Gasteiger charge is 2.30. The van der Waals surface area contributed by atoms with Crippen LogP contribution in [0.5, 0.6) is 5.75 Å². The summed E-state index contributed by atoms with van der Waals surface area (Å²) in [5, 5.41) is 1.44. The Morgan fingerprint density at radius 2 is 1.96 bits per heavy atom. The van der Waals surface area contributed by atoms with Gasteiger partial charge in [0.05, 0.1) is 12.6 Å². The Morgan fingerprint density at radius 3 is 2.61 bits per heavy atom. The van der Waals surface area contributed by atoms with Gasteiger partial charge in [0.2, 0.25) is 0 Å². The number of nitrogens with zero attached hydrogens (tertiary/aromatic N) is 1. The lowest BCUT2D eigenvalue weighted by Gasteiger charge is -2.31. The van der Waals surface area contributed by atoms with Gasteiger partial charge in [0.25, 0.3) is 0 Å². The molecule has 3 rings (SSSR count). The molecular weight excluding hydrogens is 282 g/mol. The van der Waals surface area contributed by atoms with Gasteiger partial charge < -0.3 is 9.30 Å². The zero-order valence-electron chi connectivity index (χ0n) is 15.6. The molecule has 2 nitrogen and oxygen atoms in total. The third-order valence-corrected chi connectivity index (χ3v) is 5.28. The monoisotopic (exact) mass is 313 g/mol. The molecule has 0 atom stereocenters. The van der Waals surface area contributed by atoms with E-state index in [0.29, 0.717) is 10.8 Å². The summed E-state index contributed by atoms with van der Waals surface area (Å²) in [5.74, 6) is 0.962. The molecule has 0 fully saturated rings. The summed E-state index contributed by atoms with van der Waals surface area (Å²) in [4.78, 5) is 0. The van der Waals surface area contributed by atoms with Gasteiger partial charge >= 0.3 is 0 Å². The minimum absolute atomic E-state index is 0.354. The summed E-state index contributed by atoms with van der Waals surface area (Å²) < 4.78 is 8.07. The van der Waals surface area contributed by atoms with Gasteiger partial charge in [0.1, 0.15) is 5.75 Å². The number of ether oxygens (including phenoxy) is 1. The zero-order valence-corrected chi connectivity index (χ0v) is 15.6. The summed E-state index contributed by atoms with van der Waals surface area (Å²) in [6.45, 7) is 12.9. The van der Waals surface area contributed by atoms with E-state index in [1.165, 1.54) is 36.6 Å². The van der Waals surface area contributed by atoms with Crippen LogP contribution >= 0.6 is 0 Å². The SMILES string of the molecule is COc1ccc2c3c(n(CCC(C)(C)C)c2c1)CC(C)(C)CC3. The Kier molecular flexibility index (Phi) is 3.98. The largest absolute Gasteiger partial charge is 0.497 e.